The van der Waals surface area contributed by atoms with E-state index < -0.39 is 15.8 Å². The fourth-order valence-electron chi connectivity index (χ4n) is 2.82. The van der Waals surface area contributed by atoms with E-state index >= 15 is 0 Å². The van der Waals surface area contributed by atoms with Crippen molar-refractivity contribution in [3.05, 3.63) is 88.0 Å². The zero-order valence-electron chi connectivity index (χ0n) is 16.1. The van der Waals surface area contributed by atoms with Crippen LogP contribution >= 0.6 is 15.9 Å². The number of rotatable bonds is 8. The molecule has 0 aliphatic rings. The first-order chi connectivity index (χ1) is 14.3. The zero-order valence-corrected chi connectivity index (χ0v) is 18.5. The van der Waals surface area contributed by atoms with E-state index in [1.54, 1.807) is 31.2 Å². The molecule has 9 heteroatoms. The molecule has 30 heavy (non-hydrogen) atoms. The predicted molar refractivity (Wildman–Crippen MR) is 114 cm³/mol. The largest absolute Gasteiger partial charge is 0.468 e. The zero-order chi connectivity index (χ0) is 21.7. The third-order valence-corrected chi connectivity index (χ3v) is 6.38. The van der Waals surface area contributed by atoms with E-state index in [0.29, 0.717) is 23.4 Å². The maximum atomic E-state index is 14.1. The first-order valence-corrected chi connectivity index (χ1v) is 11.4. The summed E-state index contributed by atoms with van der Waals surface area (Å²) in [6.07, 6.45) is 1.46. The molecule has 0 aliphatic heterocycles. The van der Waals surface area contributed by atoms with Crippen molar-refractivity contribution in [2.45, 2.75) is 24.9 Å². The number of hydrogen-bond acceptors (Lipinski definition) is 4. The molecule has 158 valence electrons. The number of carbonyl (C=O) groups excluding carboxylic acids is 1. The van der Waals surface area contributed by atoms with Gasteiger partial charge in [-0.05, 0) is 61.5 Å². The van der Waals surface area contributed by atoms with Crippen LogP contribution in [-0.4, -0.2) is 25.8 Å². The normalized spacial score (nSPS) is 11.4. The van der Waals surface area contributed by atoms with Crippen LogP contribution in [0.25, 0.3) is 0 Å². The van der Waals surface area contributed by atoms with Crippen LogP contribution in [0.2, 0.25) is 0 Å². The summed E-state index contributed by atoms with van der Waals surface area (Å²) >= 11 is 3.30. The van der Waals surface area contributed by atoms with Gasteiger partial charge in [-0.3, -0.25) is 4.79 Å². The van der Waals surface area contributed by atoms with E-state index in [1.165, 1.54) is 41.5 Å². The number of carbonyl (C=O) groups is 1. The van der Waals surface area contributed by atoms with Gasteiger partial charge in [0.05, 0.1) is 17.7 Å². The minimum atomic E-state index is -3.75. The van der Waals surface area contributed by atoms with Crippen LogP contribution in [0.3, 0.4) is 0 Å². The Balaban J connectivity index is 1.72. The number of furan rings is 1. The van der Waals surface area contributed by atoms with Crippen molar-refractivity contribution >= 4 is 31.9 Å². The van der Waals surface area contributed by atoms with Crippen molar-refractivity contribution in [3.63, 3.8) is 0 Å². The molecule has 1 heterocycles. The Morgan fingerprint density at radius 1 is 1.17 bits per heavy atom. The van der Waals surface area contributed by atoms with Crippen molar-refractivity contribution in [3.8, 4) is 0 Å². The summed E-state index contributed by atoms with van der Waals surface area (Å²) in [5.41, 5.74) is 0.707. The van der Waals surface area contributed by atoms with Crippen LogP contribution in [0.1, 0.15) is 28.6 Å². The molecule has 0 saturated heterocycles. The molecule has 0 unspecified atom stereocenters. The second kappa shape index (κ2) is 9.55. The lowest BCUT2D eigenvalue weighted by molar-refractivity contribution is 0.0751. The van der Waals surface area contributed by atoms with Gasteiger partial charge in [0.2, 0.25) is 10.0 Å². The highest BCUT2D eigenvalue weighted by atomic mass is 79.9. The van der Waals surface area contributed by atoms with Gasteiger partial charge in [0.1, 0.15) is 11.6 Å². The maximum Gasteiger partial charge on any atom is 0.254 e. The van der Waals surface area contributed by atoms with Crippen LogP contribution in [0.4, 0.5) is 4.39 Å². The molecule has 1 N–H and O–H groups in total. The first kappa shape index (κ1) is 22.2. The molecule has 0 spiro atoms. The van der Waals surface area contributed by atoms with Gasteiger partial charge in [0.25, 0.3) is 5.91 Å². The Kier molecular flexibility index (Phi) is 7.06. The smallest absolute Gasteiger partial charge is 0.254 e. The van der Waals surface area contributed by atoms with Crippen LogP contribution < -0.4 is 4.72 Å². The molecule has 0 bridgehead atoms. The molecule has 3 aromatic rings. The van der Waals surface area contributed by atoms with Crippen LogP contribution in [0.15, 0.2) is 74.6 Å². The number of halogens is 2. The van der Waals surface area contributed by atoms with E-state index in [4.69, 9.17) is 4.42 Å². The lowest BCUT2D eigenvalue weighted by atomic mass is 10.1. The van der Waals surface area contributed by atoms with Gasteiger partial charge in [-0.1, -0.05) is 15.9 Å². The monoisotopic (exact) mass is 494 g/mol. The van der Waals surface area contributed by atoms with Crippen molar-refractivity contribution in [1.82, 2.24) is 9.62 Å². The topological polar surface area (TPSA) is 79.6 Å². The Morgan fingerprint density at radius 2 is 1.90 bits per heavy atom. The van der Waals surface area contributed by atoms with Crippen LogP contribution in [0.5, 0.6) is 0 Å². The molecular formula is C21H20BrFN2O4S. The van der Waals surface area contributed by atoms with Gasteiger partial charge in [-0.25, -0.2) is 17.5 Å². The van der Waals surface area contributed by atoms with Crippen molar-refractivity contribution in [2.24, 2.45) is 0 Å². The van der Waals surface area contributed by atoms with E-state index in [9.17, 15) is 17.6 Å². The summed E-state index contributed by atoms with van der Waals surface area (Å²) in [6, 6.07) is 13.5. The molecule has 1 amide bonds. The number of amides is 1. The number of nitrogens with zero attached hydrogens (tertiary/aromatic N) is 1. The number of nitrogens with one attached hydrogen (secondary N) is 1. The lowest BCUT2D eigenvalue weighted by Crippen LogP contribution is -2.30. The highest BCUT2D eigenvalue weighted by Crippen LogP contribution is 2.19. The Bertz CT molecular complexity index is 1120. The summed E-state index contributed by atoms with van der Waals surface area (Å²) < 4.78 is 47.2. The third kappa shape index (κ3) is 5.35. The fourth-order valence-corrected chi connectivity index (χ4v) is 4.22. The molecule has 0 fully saturated rings. The van der Waals surface area contributed by atoms with Gasteiger partial charge in [-0.2, -0.15) is 0 Å². The molecule has 0 aliphatic carbocycles. The Hall–Kier alpha value is -2.49. The number of benzene rings is 2. The predicted octanol–water partition coefficient (Wildman–Crippen LogP) is 4.32. The molecule has 2 aromatic carbocycles. The molecule has 1 aromatic heterocycles. The van der Waals surface area contributed by atoms with E-state index in [1.807, 2.05) is 0 Å². The average Bonchev–Trinajstić information content (AvgIpc) is 3.26. The standard InChI is InChI=1S/C21H20BrFN2O4S/c1-2-25(14-16-12-17(22)7-10-20(16)23)21(26)15-5-8-19(9-6-15)30(27,28)24-13-18-4-3-11-29-18/h3-12,24H,2,13-14H2,1H3. The molecule has 6 nitrogen and oxygen atoms in total. The molecule has 0 saturated carbocycles. The van der Waals surface area contributed by atoms with Gasteiger partial charge in [-0.15, -0.1) is 0 Å². The second-order valence-corrected chi connectivity index (χ2v) is 9.17. The quantitative estimate of drug-likeness (QED) is 0.505. The number of hydrogen-bond donors (Lipinski definition) is 1. The molecular weight excluding hydrogens is 475 g/mol. The first-order valence-electron chi connectivity index (χ1n) is 9.15. The van der Waals surface area contributed by atoms with Crippen molar-refractivity contribution in [1.29, 1.82) is 0 Å². The van der Waals surface area contributed by atoms with E-state index in [-0.39, 0.29) is 23.9 Å². The minimum Gasteiger partial charge on any atom is -0.468 e. The van der Waals surface area contributed by atoms with Gasteiger partial charge >= 0.3 is 0 Å². The lowest BCUT2D eigenvalue weighted by Gasteiger charge is -2.21. The van der Waals surface area contributed by atoms with E-state index in [0.717, 1.165) is 4.47 Å². The highest BCUT2D eigenvalue weighted by molar-refractivity contribution is 9.10. The van der Waals surface area contributed by atoms with Crippen molar-refractivity contribution < 1.29 is 22.0 Å². The van der Waals surface area contributed by atoms with Crippen LogP contribution in [0, 0.1) is 5.82 Å². The molecule has 0 atom stereocenters. The van der Waals surface area contributed by atoms with Gasteiger partial charge in [0.15, 0.2) is 0 Å². The van der Waals surface area contributed by atoms with Crippen LogP contribution in [-0.2, 0) is 23.1 Å². The van der Waals surface area contributed by atoms with Gasteiger partial charge in [0, 0.05) is 28.7 Å². The summed E-state index contributed by atoms with van der Waals surface area (Å²) in [7, 11) is -3.75. The minimum absolute atomic E-state index is 0.0256. The van der Waals surface area contributed by atoms with Gasteiger partial charge < -0.3 is 9.32 Å². The highest BCUT2D eigenvalue weighted by Gasteiger charge is 2.19. The number of sulfonamides is 1. The van der Waals surface area contributed by atoms with Crippen molar-refractivity contribution in [2.75, 3.05) is 6.54 Å². The third-order valence-electron chi connectivity index (χ3n) is 4.47. The Morgan fingerprint density at radius 3 is 2.53 bits per heavy atom. The maximum absolute atomic E-state index is 14.1. The van der Waals surface area contributed by atoms with E-state index in [2.05, 4.69) is 20.7 Å². The second-order valence-electron chi connectivity index (χ2n) is 6.48. The fraction of sp³-hybridized carbons (Fsp3) is 0.190. The Labute approximate surface area is 182 Å². The SMILES string of the molecule is CCN(Cc1cc(Br)ccc1F)C(=O)c1ccc(S(=O)(=O)NCc2ccco2)cc1. The summed E-state index contributed by atoms with van der Waals surface area (Å²) in [5, 5.41) is 0. The molecule has 3 rings (SSSR count). The summed E-state index contributed by atoms with van der Waals surface area (Å²) in [4.78, 5) is 14.4. The molecule has 0 radical (unpaired) electrons. The summed E-state index contributed by atoms with van der Waals surface area (Å²) in [5.74, 6) is -0.221. The average molecular weight is 495 g/mol. The summed E-state index contributed by atoms with van der Waals surface area (Å²) in [6.45, 7) is 2.30.